The average Bonchev–Trinajstić information content (AvgIpc) is 2.32. The van der Waals surface area contributed by atoms with Crippen molar-refractivity contribution in [3.63, 3.8) is 0 Å². The minimum absolute atomic E-state index is 0.839. The maximum atomic E-state index is 8.38. The highest BCUT2D eigenvalue weighted by Crippen LogP contribution is 2.09. The molecule has 66 valence electrons. The van der Waals surface area contributed by atoms with Crippen LogP contribution in [0.25, 0.3) is 0 Å². The Morgan fingerprint density at radius 1 is 1.58 bits per heavy atom. The van der Waals surface area contributed by atoms with Crippen LogP contribution in [-0.4, -0.2) is 21.2 Å². The fourth-order valence-electron chi connectivity index (χ4n) is 1.26. The second-order valence-electron chi connectivity index (χ2n) is 2.64. The molecular weight excluding hydrogens is 154 g/mol. The van der Waals surface area contributed by atoms with E-state index in [-0.39, 0.29) is 0 Å². The van der Waals surface area contributed by atoms with Crippen molar-refractivity contribution in [3.8, 4) is 0 Å². The van der Waals surface area contributed by atoms with Gasteiger partial charge >= 0.3 is 0 Å². The first-order chi connectivity index (χ1) is 5.70. The molecule has 12 heavy (non-hydrogen) atoms. The first-order valence-corrected chi connectivity index (χ1v) is 3.92. The first kappa shape index (κ1) is 8.77. The first-order valence-electron chi connectivity index (χ1n) is 3.92. The van der Waals surface area contributed by atoms with Crippen LogP contribution >= 0.6 is 0 Å². The zero-order valence-electron chi connectivity index (χ0n) is 7.57. The average molecular weight is 167 g/mol. The minimum Gasteiger partial charge on any atom is -0.411 e. The van der Waals surface area contributed by atoms with Gasteiger partial charge in [-0.3, -0.25) is 4.68 Å². The van der Waals surface area contributed by atoms with E-state index in [4.69, 9.17) is 5.21 Å². The van der Waals surface area contributed by atoms with E-state index >= 15 is 0 Å². The highest BCUT2D eigenvalue weighted by molar-refractivity contribution is 5.82. The van der Waals surface area contributed by atoms with E-state index in [1.807, 2.05) is 25.5 Å². The topological polar surface area (TPSA) is 50.4 Å². The Morgan fingerprint density at radius 3 is 2.67 bits per heavy atom. The van der Waals surface area contributed by atoms with E-state index in [1.165, 1.54) is 6.21 Å². The van der Waals surface area contributed by atoms with Gasteiger partial charge in [0, 0.05) is 17.8 Å². The lowest BCUT2D eigenvalue weighted by atomic mass is 10.2. The largest absolute Gasteiger partial charge is 0.411 e. The molecule has 0 atom stereocenters. The molecule has 1 aromatic rings. The molecule has 0 aliphatic heterocycles. The summed E-state index contributed by atoms with van der Waals surface area (Å²) in [5.74, 6) is 0. The van der Waals surface area contributed by atoms with Gasteiger partial charge in [0.15, 0.2) is 0 Å². The van der Waals surface area contributed by atoms with Crippen molar-refractivity contribution in [1.82, 2.24) is 9.78 Å². The number of oxime groups is 1. The molecule has 1 heterocycles. The summed E-state index contributed by atoms with van der Waals surface area (Å²) in [6, 6.07) is 0. The Kier molecular flexibility index (Phi) is 2.47. The van der Waals surface area contributed by atoms with Crippen LogP contribution in [0, 0.1) is 13.8 Å². The van der Waals surface area contributed by atoms with Crippen LogP contribution in [0.3, 0.4) is 0 Å². The Bertz CT molecular complexity index is 301. The summed E-state index contributed by atoms with van der Waals surface area (Å²) < 4.78 is 1.88. The second kappa shape index (κ2) is 3.38. The second-order valence-corrected chi connectivity index (χ2v) is 2.64. The number of rotatable bonds is 2. The predicted molar refractivity (Wildman–Crippen MR) is 46.8 cm³/mol. The molecule has 1 aromatic heterocycles. The Hall–Kier alpha value is -1.32. The molecule has 4 heteroatoms. The van der Waals surface area contributed by atoms with E-state index in [1.54, 1.807) is 0 Å². The molecule has 0 aliphatic rings. The van der Waals surface area contributed by atoms with Gasteiger partial charge in [-0.25, -0.2) is 0 Å². The van der Waals surface area contributed by atoms with Crippen molar-refractivity contribution in [1.29, 1.82) is 0 Å². The molecule has 0 radical (unpaired) electrons. The SMILES string of the molecule is CCn1nc(C)c(C=NO)c1C. The van der Waals surface area contributed by atoms with Crippen LogP contribution in [0.15, 0.2) is 5.16 Å². The van der Waals surface area contributed by atoms with Crippen LogP contribution in [0.2, 0.25) is 0 Å². The maximum Gasteiger partial charge on any atom is 0.0770 e. The van der Waals surface area contributed by atoms with Crippen molar-refractivity contribution in [3.05, 3.63) is 17.0 Å². The third-order valence-corrected chi connectivity index (χ3v) is 1.92. The summed E-state index contributed by atoms with van der Waals surface area (Å²) in [7, 11) is 0. The van der Waals surface area contributed by atoms with Crippen LogP contribution < -0.4 is 0 Å². The van der Waals surface area contributed by atoms with Crippen molar-refractivity contribution in [2.24, 2.45) is 5.16 Å². The van der Waals surface area contributed by atoms with Gasteiger partial charge in [0.05, 0.1) is 11.9 Å². The lowest BCUT2D eigenvalue weighted by molar-refractivity contribution is 0.322. The fourth-order valence-corrected chi connectivity index (χ4v) is 1.26. The minimum atomic E-state index is 0.839. The summed E-state index contributed by atoms with van der Waals surface area (Å²) in [5.41, 5.74) is 2.83. The molecule has 1 N–H and O–H groups in total. The molecule has 4 nitrogen and oxygen atoms in total. The lowest BCUT2D eigenvalue weighted by Crippen LogP contribution is -1.99. The number of hydrogen-bond acceptors (Lipinski definition) is 3. The smallest absolute Gasteiger partial charge is 0.0770 e. The van der Waals surface area contributed by atoms with Gasteiger partial charge in [-0.1, -0.05) is 5.16 Å². The molecule has 0 saturated heterocycles. The van der Waals surface area contributed by atoms with Gasteiger partial charge in [-0.05, 0) is 20.8 Å². The maximum absolute atomic E-state index is 8.38. The Balaban J connectivity index is 3.18. The van der Waals surface area contributed by atoms with Crippen molar-refractivity contribution < 1.29 is 5.21 Å². The Labute approximate surface area is 71.5 Å². The number of aryl methyl sites for hydroxylation is 2. The molecule has 0 bridgehead atoms. The molecule has 0 unspecified atom stereocenters. The quantitative estimate of drug-likeness (QED) is 0.410. The van der Waals surface area contributed by atoms with Crippen LogP contribution in [-0.2, 0) is 6.54 Å². The zero-order chi connectivity index (χ0) is 9.14. The zero-order valence-corrected chi connectivity index (χ0v) is 7.57. The van der Waals surface area contributed by atoms with E-state index in [9.17, 15) is 0 Å². The lowest BCUT2D eigenvalue weighted by Gasteiger charge is -1.97. The molecule has 0 aromatic carbocycles. The number of hydrogen-bond donors (Lipinski definition) is 1. The van der Waals surface area contributed by atoms with Gasteiger partial charge in [0.1, 0.15) is 0 Å². The highest BCUT2D eigenvalue weighted by Gasteiger charge is 2.07. The molecule has 0 spiro atoms. The van der Waals surface area contributed by atoms with Gasteiger partial charge in [0.25, 0.3) is 0 Å². The molecule has 1 rings (SSSR count). The van der Waals surface area contributed by atoms with Crippen LogP contribution in [0.4, 0.5) is 0 Å². The highest BCUT2D eigenvalue weighted by atomic mass is 16.4. The van der Waals surface area contributed by atoms with Gasteiger partial charge < -0.3 is 5.21 Å². The van der Waals surface area contributed by atoms with E-state index in [2.05, 4.69) is 10.3 Å². The summed E-state index contributed by atoms with van der Waals surface area (Å²) in [6.45, 7) is 6.72. The molecular formula is C8H13N3O. The van der Waals surface area contributed by atoms with Gasteiger partial charge in [-0.15, -0.1) is 0 Å². The van der Waals surface area contributed by atoms with E-state index in [0.717, 1.165) is 23.5 Å². The normalized spacial score (nSPS) is 11.2. The molecule has 0 aliphatic carbocycles. The monoisotopic (exact) mass is 167 g/mol. The third-order valence-electron chi connectivity index (χ3n) is 1.92. The number of nitrogens with zero attached hydrogens (tertiary/aromatic N) is 3. The summed E-state index contributed by atoms with van der Waals surface area (Å²) in [6.07, 6.45) is 1.42. The van der Waals surface area contributed by atoms with E-state index in [0.29, 0.717) is 0 Å². The standard InChI is InChI=1S/C8H13N3O/c1-4-11-7(3)8(5-9-12)6(2)10-11/h5,12H,4H2,1-3H3. The van der Waals surface area contributed by atoms with Crippen LogP contribution in [0.1, 0.15) is 23.9 Å². The Morgan fingerprint density at radius 2 is 2.25 bits per heavy atom. The molecule has 0 amide bonds. The molecule has 0 saturated carbocycles. The molecule has 0 fully saturated rings. The third kappa shape index (κ3) is 1.32. The summed E-state index contributed by atoms with van der Waals surface area (Å²) in [4.78, 5) is 0. The van der Waals surface area contributed by atoms with Gasteiger partial charge in [-0.2, -0.15) is 5.10 Å². The van der Waals surface area contributed by atoms with E-state index < -0.39 is 0 Å². The van der Waals surface area contributed by atoms with Crippen molar-refractivity contribution in [2.45, 2.75) is 27.3 Å². The van der Waals surface area contributed by atoms with Crippen molar-refractivity contribution >= 4 is 6.21 Å². The van der Waals surface area contributed by atoms with Crippen molar-refractivity contribution in [2.75, 3.05) is 0 Å². The number of aromatic nitrogens is 2. The van der Waals surface area contributed by atoms with Gasteiger partial charge in [0.2, 0.25) is 0 Å². The summed E-state index contributed by atoms with van der Waals surface area (Å²) in [5, 5.41) is 15.6. The fraction of sp³-hybridized carbons (Fsp3) is 0.500. The predicted octanol–water partition coefficient (Wildman–Crippen LogP) is 1.33. The van der Waals surface area contributed by atoms with Crippen LogP contribution in [0.5, 0.6) is 0 Å². The summed E-state index contributed by atoms with van der Waals surface area (Å²) >= 11 is 0.